The number of nitrogens with zero attached hydrogens (tertiary/aromatic N) is 3. The van der Waals surface area contributed by atoms with Gasteiger partial charge in [-0.1, -0.05) is 52.5 Å². The van der Waals surface area contributed by atoms with Crippen LogP contribution in [-0.2, 0) is 6.61 Å². The average molecular weight is 541 g/mol. The molecule has 0 saturated heterocycles. The van der Waals surface area contributed by atoms with Gasteiger partial charge in [0.15, 0.2) is 0 Å². The van der Waals surface area contributed by atoms with Crippen LogP contribution in [0.1, 0.15) is 50.9 Å². The Kier molecular flexibility index (Phi) is 9.04. The molecule has 0 aliphatic carbocycles. The van der Waals surface area contributed by atoms with Gasteiger partial charge < -0.3 is 20.1 Å². The molecule has 2 heterocycles. The van der Waals surface area contributed by atoms with Crippen molar-refractivity contribution < 1.29 is 13.9 Å². The van der Waals surface area contributed by atoms with E-state index in [4.69, 9.17) is 15.2 Å². The molecule has 1 aliphatic heterocycles. The van der Waals surface area contributed by atoms with E-state index in [-0.39, 0.29) is 18.4 Å². The van der Waals surface area contributed by atoms with Gasteiger partial charge in [0.05, 0.1) is 5.70 Å². The van der Waals surface area contributed by atoms with Gasteiger partial charge in [-0.2, -0.15) is 0 Å². The van der Waals surface area contributed by atoms with Gasteiger partial charge in [-0.05, 0) is 54.5 Å². The van der Waals surface area contributed by atoms with E-state index >= 15 is 0 Å². The summed E-state index contributed by atoms with van der Waals surface area (Å²) < 4.78 is 26.2. The Balaban J connectivity index is 1.58. The normalized spacial score (nSPS) is 15.1. The Hall–Kier alpha value is -4.39. The molecule has 1 aromatic heterocycles. The topological polar surface area (TPSA) is 73.0 Å². The van der Waals surface area contributed by atoms with Gasteiger partial charge in [-0.25, -0.2) is 9.38 Å². The van der Waals surface area contributed by atoms with Crippen LogP contribution >= 0.6 is 0 Å². The van der Waals surface area contributed by atoms with E-state index in [1.807, 2.05) is 54.4 Å². The fourth-order valence-corrected chi connectivity index (χ4v) is 4.35. The molecule has 208 valence electrons. The van der Waals surface area contributed by atoms with Gasteiger partial charge >= 0.3 is 0 Å². The number of amidine groups is 1. The SMILES string of the molecule is C=C(C(C)C)N1C=CN=C(N)/C1=C(\c1ccc(Oc2cc(F)cc(OCc3ccc(C)nc3)c2)cc1)C(C)CC. The van der Waals surface area contributed by atoms with Crippen LogP contribution in [0.5, 0.6) is 17.2 Å². The summed E-state index contributed by atoms with van der Waals surface area (Å²) >= 11 is 0. The van der Waals surface area contributed by atoms with E-state index in [2.05, 4.69) is 44.3 Å². The lowest BCUT2D eigenvalue weighted by Gasteiger charge is -2.33. The van der Waals surface area contributed by atoms with Crippen molar-refractivity contribution >= 4 is 11.4 Å². The molecule has 1 unspecified atom stereocenters. The number of benzene rings is 2. The summed E-state index contributed by atoms with van der Waals surface area (Å²) in [6.07, 6.45) is 6.28. The molecule has 0 spiro atoms. The van der Waals surface area contributed by atoms with Gasteiger partial charge in [0, 0.05) is 53.8 Å². The maximum atomic E-state index is 14.4. The van der Waals surface area contributed by atoms with Crippen LogP contribution in [0.25, 0.3) is 5.57 Å². The lowest BCUT2D eigenvalue weighted by Crippen LogP contribution is -2.32. The van der Waals surface area contributed by atoms with E-state index < -0.39 is 5.82 Å². The summed E-state index contributed by atoms with van der Waals surface area (Å²) in [7, 11) is 0. The molecule has 1 atom stereocenters. The molecule has 0 saturated carbocycles. The first-order valence-electron chi connectivity index (χ1n) is 13.5. The third-order valence-electron chi connectivity index (χ3n) is 6.87. The summed E-state index contributed by atoms with van der Waals surface area (Å²) in [4.78, 5) is 10.7. The van der Waals surface area contributed by atoms with Crippen molar-refractivity contribution in [2.24, 2.45) is 22.6 Å². The number of aromatic nitrogens is 1. The average Bonchev–Trinajstić information content (AvgIpc) is 2.93. The molecule has 40 heavy (non-hydrogen) atoms. The Morgan fingerprint density at radius 3 is 2.40 bits per heavy atom. The molecule has 2 N–H and O–H groups in total. The molecule has 0 fully saturated rings. The zero-order valence-corrected chi connectivity index (χ0v) is 23.8. The number of aliphatic imine (C=N–C) groups is 1. The molecular formula is C33H37FN4O2. The quantitative estimate of drug-likeness (QED) is 0.282. The molecule has 3 aromatic rings. The Labute approximate surface area is 236 Å². The van der Waals surface area contributed by atoms with Crippen molar-refractivity contribution in [2.45, 2.75) is 47.6 Å². The minimum absolute atomic E-state index is 0.205. The predicted octanol–water partition coefficient (Wildman–Crippen LogP) is 7.97. The van der Waals surface area contributed by atoms with Crippen LogP contribution in [0.3, 0.4) is 0 Å². The van der Waals surface area contributed by atoms with E-state index in [1.54, 1.807) is 18.5 Å². The summed E-state index contributed by atoms with van der Waals surface area (Å²) in [6, 6.07) is 15.9. The smallest absolute Gasteiger partial charge is 0.148 e. The number of aryl methyl sites for hydroxylation is 1. The Morgan fingerprint density at radius 2 is 1.75 bits per heavy atom. The fourth-order valence-electron chi connectivity index (χ4n) is 4.35. The van der Waals surface area contributed by atoms with Crippen molar-refractivity contribution in [2.75, 3.05) is 0 Å². The number of hydrogen-bond acceptors (Lipinski definition) is 6. The van der Waals surface area contributed by atoms with Gasteiger partial charge in [0.25, 0.3) is 0 Å². The molecule has 0 radical (unpaired) electrons. The zero-order valence-electron chi connectivity index (χ0n) is 23.8. The molecule has 0 amide bonds. The first-order valence-corrected chi connectivity index (χ1v) is 13.5. The van der Waals surface area contributed by atoms with Gasteiger partial charge in [-0.3, -0.25) is 4.98 Å². The molecule has 7 heteroatoms. The molecule has 2 aromatic carbocycles. The Bertz CT molecular complexity index is 1440. The standard InChI is InChI=1S/C33H37FN4O2/c1-7-22(4)31(32-33(35)36-14-15-38(32)24(6)21(2)3)26-10-12-28(13-11-26)40-30-17-27(34)16-29(18-30)39-20-25-9-8-23(5)37-19-25/h8-19,21-22H,6-7,20H2,1-5H3,(H2,35,36)/b32-31+. The number of hydrogen-bond donors (Lipinski definition) is 1. The highest BCUT2D eigenvalue weighted by Crippen LogP contribution is 2.36. The van der Waals surface area contributed by atoms with Crippen LogP contribution in [0, 0.1) is 24.6 Å². The monoisotopic (exact) mass is 540 g/mol. The number of halogens is 1. The van der Waals surface area contributed by atoms with Crippen molar-refractivity contribution in [1.29, 1.82) is 0 Å². The zero-order chi connectivity index (χ0) is 28.8. The minimum atomic E-state index is -0.444. The second-order valence-corrected chi connectivity index (χ2v) is 10.2. The highest BCUT2D eigenvalue weighted by Gasteiger charge is 2.26. The maximum absolute atomic E-state index is 14.4. The number of pyridine rings is 1. The third kappa shape index (κ3) is 6.78. The second-order valence-electron chi connectivity index (χ2n) is 10.2. The summed E-state index contributed by atoms with van der Waals surface area (Å²) in [6.45, 7) is 15.0. The minimum Gasteiger partial charge on any atom is -0.489 e. The largest absolute Gasteiger partial charge is 0.489 e. The highest BCUT2D eigenvalue weighted by atomic mass is 19.1. The van der Waals surface area contributed by atoms with Crippen LogP contribution in [0.15, 0.2) is 96.2 Å². The molecule has 6 nitrogen and oxygen atoms in total. The summed E-state index contributed by atoms with van der Waals surface area (Å²) in [5.74, 6) is 1.74. The van der Waals surface area contributed by atoms with Crippen molar-refractivity contribution in [3.8, 4) is 17.2 Å². The van der Waals surface area contributed by atoms with Crippen LogP contribution in [0.4, 0.5) is 4.39 Å². The van der Waals surface area contributed by atoms with Crippen LogP contribution in [0.2, 0.25) is 0 Å². The van der Waals surface area contributed by atoms with Crippen molar-refractivity contribution in [3.05, 3.63) is 114 Å². The molecular weight excluding hydrogens is 503 g/mol. The van der Waals surface area contributed by atoms with E-state index in [0.717, 1.165) is 40.2 Å². The molecule has 1 aliphatic rings. The predicted molar refractivity (Wildman–Crippen MR) is 159 cm³/mol. The molecule has 4 rings (SSSR count). The number of nitrogens with two attached hydrogens (primary N) is 1. The highest BCUT2D eigenvalue weighted by molar-refractivity contribution is 6.05. The lowest BCUT2D eigenvalue weighted by atomic mass is 9.88. The first-order chi connectivity index (χ1) is 19.2. The van der Waals surface area contributed by atoms with Crippen LogP contribution < -0.4 is 15.2 Å². The van der Waals surface area contributed by atoms with Crippen molar-refractivity contribution in [3.63, 3.8) is 0 Å². The summed E-state index contributed by atoms with van der Waals surface area (Å²) in [5.41, 5.74) is 12.1. The second kappa shape index (κ2) is 12.6. The van der Waals surface area contributed by atoms with Gasteiger partial charge in [-0.15, -0.1) is 0 Å². The van der Waals surface area contributed by atoms with Gasteiger partial charge in [0.1, 0.15) is 35.5 Å². The van der Waals surface area contributed by atoms with Crippen molar-refractivity contribution in [1.82, 2.24) is 9.88 Å². The van der Waals surface area contributed by atoms with E-state index in [1.165, 1.54) is 12.1 Å². The maximum Gasteiger partial charge on any atom is 0.148 e. The lowest BCUT2D eigenvalue weighted by molar-refractivity contribution is 0.302. The third-order valence-corrected chi connectivity index (χ3v) is 6.87. The summed E-state index contributed by atoms with van der Waals surface area (Å²) in [5, 5.41) is 0. The van der Waals surface area contributed by atoms with Crippen LogP contribution in [-0.4, -0.2) is 15.7 Å². The fraction of sp³-hybridized carbons (Fsp3) is 0.273. The van der Waals surface area contributed by atoms with E-state index in [0.29, 0.717) is 23.1 Å². The first kappa shape index (κ1) is 28.6. The van der Waals surface area contributed by atoms with Gasteiger partial charge in [0.2, 0.25) is 0 Å². The number of rotatable bonds is 10. The number of ether oxygens (including phenoxy) is 2. The molecule has 0 bridgehead atoms. The Morgan fingerprint density at radius 1 is 1.02 bits per heavy atom. The van der Waals surface area contributed by atoms with E-state index in [9.17, 15) is 4.39 Å². The number of allylic oxidation sites excluding steroid dienone is 2.